The second-order valence-corrected chi connectivity index (χ2v) is 6.94. The topological polar surface area (TPSA) is 87.4 Å². The van der Waals surface area contributed by atoms with Gasteiger partial charge in [0.05, 0.1) is 5.69 Å². The van der Waals surface area contributed by atoms with Crippen molar-refractivity contribution in [2.45, 2.75) is 26.2 Å². The first-order valence-electron chi connectivity index (χ1n) is 9.25. The van der Waals surface area contributed by atoms with E-state index in [9.17, 15) is 4.79 Å². The van der Waals surface area contributed by atoms with Gasteiger partial charge in [0.15, 0.2) is 0 Å². The minimum absolute atomic E-state index is 0.0257. The second kappa shape index (κ2) is 9.66. The van der Waals surface area contributed by atoms with Crippen molar-refractivity contribution in [2.75, 3.05) is 44.2 Å². The summed E-state index contributed by atoms with van der Waals surface area (Å²) in [5.41, 5.74) is 1.56. The summed E-state index contributed by atoms with van der Waals surface area (Å²) in [6, 6.07) is 1.83. The molecule has 1 aliphatic rings. The van der Waals surface area contributed by atoms with Gasteiger partial charge in [-0.2, -0.15) is 0 Å². The summed E-state index contributed by atoms with van der Waals surface area (Å²) < 4.78 is 4.90. The Morgan fingerprint density at radius 3 is 2.67 bits per heavy atom. The summed E-state index contributed by atoms with van der Waals surface area (Å²) in [5.74, 6) is 0.824. The lowest BCUT2D eigenvalue weighted by Crippen LogP contribution is -2.47. The summed E-state index contributed by atoms with van der Waals surface area (Å²) in [4.78, 5) is 25.2. The van der Waals surface area contributed by atoms with E-state index in [4.69, 9.17) is 16.1 Å². The molecule has 2 aromatic rings. The fourth-order valence-corrected chi connectivity index (χ4v) is 3.39. The zero-order chi connectivity index (χ0) is 19.1. The molecule has 0 aliphatic carbocycles. The highest BCUT2D eigenvalue weighted by atomic mass is 35.5. The van der Waals surface area contributed by atoms with Crippen LogP contribution < -0.4 is 10.2 Å². The van der Waals surface area contributed by atoms with Gasteiger partial charge in [-0.15, -0.1) is 0 Å². The minimum Gasteiger partial charge on any atom is -0.356 e. The van der Waals surface area contributed by atoms with E-state index in [0.717, 1.165) is 56.4 Å². The number of amides is 1. The number of piperazine rings is 1. The van der Waals surface area contributed by atoms with Gasteiger partial charge in [-0.05, 0) is 44.0 Å². The molecule has 0 saturated carbocycles. The Balaban J connectivity index is 1.28. The molecule has 0 aromatic carbocycles. The van der Waals surface area contributed by atoms with Crippen molar-refractivity contribution in [3.05, 3.63) is 34.9 Å². The largest absolute Gasteiger partial charge is 0.356 e. The third kappa shape index (κ3) is 5.64. The summed E-state index contributed by atoms with van der Waals surface area (Å²) >= 11 is 5.91. The van der Waals surface area contributed by atoms with Crippen molar-refractivity contribution in [2.24, 2.45) is 0 Å². The lowest BCUT2D eigenvalue weighted by molar-refractivity contribution is -0.121. The molecule has 8 nitrogen and oxygen atoms in total. The first-order chi connectivity index (χ1) is 13.1. The van der Waals surface area contributed by atoms with E-state index >= 15 is 0 Å². The van der Waals surface area contributed by atoms with Crippen molar-refractivity contribution in [3.63, 3.8) is 0 Å². The molecule has 2 aromatic heterocycles. The molecule has 0 radical (unpaired) electrons. The standard InChI is InChI=1S/C18H25ClN6O2/c1-14-15(17(19)27-23-14)4-5-16(26)20-8-3-9-24-10-12-25(13-11-24)18-21-6-2-7-22-18/h2,6-7H,3-5,8-13H2,1H3,(H,20,26). The fourth-order valence-electron chi connectivity index (χ4n) is 3.12. The fraction of sp³-hybridized carbons (Fsp3) is 0.556. The van der Waals surface area contributed by atoms with Gasteiger partial charge >= 0.3 is 0 Å². The molecule has 0 atom stereocenters. The van der Waals surface area contributed by atoms with Crippen LogP contribution in [-0.2, 0) is 11.2 Å². The van der Waals surface area contributed by atoms with Crippen molar-refractivity contribution >= 4 is 23.5 Å². The van der Waals surface area contributed by atoms with E-state index in [2.05, 4.69) is 30.2 Å². The number of aromatic nitrogens is 3. The van der Waals surface area contributed by atoms with E-state index < -0.39 is 0 Å². The summed E-state index contributed by atoms with van der Waals surface area (Å²) in [6.45, 7) is 7.29. The van der Waals surface area contributed by atoms with E-state index in [1.807, 2.05) is 13.0 Å². The normalized spacial score (nSPS) is 15.1. The Hall–Kier alpha value is -2.19. The lowest BCUT2D eigenvalue weighted by atomic mass is 10.1. The smallest absolute Gasteiger partial charge is 0.229 e. The van der Waals surface area contributed by atoms with Crippen LogP contribution in [0.5, 0.6) is 0 Å². The molecule has 1 N–H and O–H groups in total. The molecule has 0 bridgehead atoms. The van der Waals surface area contributed by atoms with Gasteiger partial charge in [0.2, 0.25) is 17.1 Å². The third-order valence-corrected chi connectivity index (χ3v) is 5.02. The Morgan fingerprint density at radius 2 is 2.00 bits per heavy atom. The van der Waals surface area contributed by atoms with E-state index in [0.29, 0.717) is 19.4 Å². The van der Waals surface area contributed by atoms with Crippen LogP contribution in [-0.4, -0.2) is 65.2 Å². The maximum absolute atomic E-state index is 12.0. The van der Waals surface area contributed by atoms with Crippen LogP contribution in [0.2, 0.25) is 5.22 Å². The zero-order valence-electron chi connectivity index (χ0n) is 15.5. The van der Waals surface area contributed by atoms with Crippen molar-refractivity contribution in [1.29, 1.82) is 0 Å². The van der Waals surface area contributed by atoms with Crippen LogP contribution in [0.15, 0.2) is 23.0 Å². The molecule has 0 spiro atoms. The first kappa shape index (κ1) is 19.6. The highest BCUT2D eigenvalue weighted by Crippen LogP contribution is 2.20. The minimum atomic E-state index is 0.0257. The third-order valence-electron chi connectivity index (χ3n) is 4.72. The first-order valence-corrected chi connectivity index (χ1v) is 9.63. The van der Waals surface area contributed by atoms with Crippen LogP contribution in [0.1, 0.15) is 24.1 Å². The Kier molecular flexibility index (Phi) is 7.00. The number of carbonyl (C=O) groups is 1. The number of rotatable bonds is 8. The van der Waals surface area contributed by atoms with Gasteiger partial charge in [-0.1, -0.05) is 5.16 Å². The van der Waals surface area contributed by atoms with E-state index in [1.165, 1.54) is 0 Å². The Labute approximate surface area is 163 Å². The van der Waals surface area contributed by atoms with Crippen molar-refractivity contribution in [1.82, 2.24) is 25.3 Å². The average Bonchev–Trinajstić information content (AvgIpc) is 3.02. The molecule has 1 aliphatic heterocycles. The van der Waals surface area contributed by atoms with Crippen LogP contribution in [0.25, 0.3) is 0 Å². The number of nitrogens with zero attached hydrogens (tertiary/aromatic N) is 5. The van der Waals surface area contributed by atoms with Gasteiger partial charge in [-0.3, -0.25) is 9.69 Å². The molecule has 9 heteroatoms. The average molecular weight is 393 g/mol. The van der Waals surface area contributed by atoms with Crippen LogP contribution in [0, 0.1) is 6.92 Å². The molecule has 3 rings (SSSR count). The predicted octanol–water partition coefficient (Wildman–Crippen LogP) is 1.69. The number of aryl methyl sites for hydroxylation is 1. The quantitative estimate of drug-likeness (QED) is 0.684. The lowest BCUT2D eigenvalue weighted by Gasteiger charge is -2.34. The van der Waals surface area contributed by atoms with Gasteiger partial charge < -0.3 is 14.7 Å². The molecule has 3 heterocycles. The van der Waals surface area contributed by atoms with Crippen molar-refractivity contribution < 1.29 is 9.32 Å². The molecular formula is C18H25ClN6O2. The molecule has 27 heavy (non-hydrogen) atoms. The van der Waals surface area contributed by atoms with Gasteiger partial charge in [0.25, 0.3) is 0 Å². The summed E-state index contributed by atoms with van der Waals surface area (Å²) in [6.07, 6.45) is 5.41. The van der Waals surface area contributed by atoms with E-state index in [1.54, 1.807) is 12.4 Å². The van der Waals surface area contributed by atoms with Crippen LogP contribution >= 0.6 is 11.6 Å². The molecule has 1 fully saturated rings. The highest BCUT2D eigenvalue weighted by Gasteiger charge is 2.18. The molecular weight excluding hydrogens is 368 g/mol. The van der Waals surface area contributed by atoms with Gasteiger partial charge in [0.1, 0.15) is 0 Å². The Morgan fingerprint density at radius 1 is 1.26 bits per heavy atom. The number of halogens is 1. The number of carbonyl (C=O) groups excluding carboxylic acids is 1. The van der Waals surface area contributed by atoms with Gasteiger partial charge in [-0.25, -0.2) is 9.97 Å². The second-order valence-electron chi connectivity index (χ2n) is 6.60. The predicted molar refractivity (Wildman–Crippen MR) is 103 cm³/mol. The van der Waals surface area contributed by atoms with Gasteiger partial charge in [0, 0.05) is 57.1 Å². The number of anilines is 1. The van der Waals surface area contributed by atoms with Crippen LogP contribution in [0.4, 0.5) is 5.95 Å². The van der Waals surface area contributed by atoms with Crippen molar-refractivity contribution in [3.8, 4) is 0 Å². The zero-order valence-corrected chi connectivity index (χ0v) is 16.3. The molecule has 146 valence electrons. The number of hydrogen-bond acceptors (Lipinski definition) is 7. The Bertz CT molecular complexity index is 711. The SMILES string of the molecule is Cc1noc(Cl)c1CCC(=O)NCCCN1CCN(c2ncccn2)CC1. The maximum Gasteiger partial charge on any atom is 0.229 e. The molecule has 0 unspecified atom stereocenters. The summed E-state index contributed by atoms with van der Waals surface area (Å²) in [7, 11) is 0. The highest BCUT2D eigenvalue weighted by molar-refractivity contribution is 6.29. The van der Waals surface area contributed by atoms with Crippen LogP contribution in [0.3, 0.4) is 0 Å². The number of nitrogens with one attached hydrogen (secondary N) is 1. The molecule has 1 saturated heterocycles. The monoisotopic (exact) mass is 392 g/mol. The maximum atomic E-state index is 12.0. The van der Waals surface area contributed by atoms with E-state index in [-0.39, 0.29) is 11.1 Å². The summed E-state index contributed by atoms with van der Waals surface area (Å²) in [5, 5.41) is 7.04. The molecule has 1 amide bonds. The number of hydrogen-bond donors (Lipinski definition) is 1.